The van der Waals surface area contributed by atoms with Crippen LogP contribution < -0.4 is 5.32 Å². The van der Waals surface area contributed by atoms with Gasteiger partial charge in [-0.1, -0.05) is 32.5 Å². The van der Waals surface area contributed by atoms with Crippen molar-refractivity contribution in [1.29, 1.82) is 0 Å². The van der Waals surface area contributed by atoms with E-state index in [1.54, 1.807) is 0 Å². The molecule has 0 aromatic heterocycles. The first kappa shape index (κ1) is 8.42. The van der Waals surface area contributed by atoms with Crippen molar-refractivity contribution in [2.75, 3.05) is 6.54 Å². The third kappa shape index (κ3) is 1.60. The van der Waals surface area contributed by atoms with Gasteiger partial charge in [-0.15, -0.1) is 0 Å². The van der Waals surface area contributed by atoms with Crippen LogP contribution in [0, 0.1) is 5.41 Å². The Morgan fingerprint density at radius 1 is 1.58 bits per heavy atom. The van der Waals surface area contributed by atoms with Gasteiger partial charge in [-0.2, -0.15) is 0 Å². The zero-order valence-electron chi connectivity index (χ0n) is 7.92. The summed E-state index contributed by atoms with van der Waals surface area (Å²) in [7, 11) is 0. The number of nitrogens with zero attached hydrogens (tertiary/aromatic N) is 1. The van der Waals surface area contributed by atoms with Crippen LogP contribution in [0.3, 0.4) is 0 Å². The van der Waals surface area contributed by atoms with Gasteiger partial charge in [-0.3, -0.25) is 4.99 Å². The fourth-order valence-electron chi connectivity index (χ4n) is 1.42. The van der Waals surface area contributed by atoms with Crippen molar-refractivity contribution in [3.63, 3.8) is 0 Å². The largest absolute Gasteiger partial charge is 0.362 e. The molecule has 1 aliphatic heterocycles. The van der Waals surface area contributed by atoms with Crippen LogP contribution in [0.25, 0.3) is 0 Å². The summed E-state index contributed by atoms with van der Waals surface area (Å²) in [6.07, 6.45) is 1.29. The molecule has 0 saturated heterocycles. The predicted molar refractivity (Wildman–Crippen MR) is 54.7 cm³/mol. The van der Waals surface area contributed by atoms with E-state index in [2.05, 4.69) is 31.1 Å². The molecule has 3 heteroatoms. The molecule has 2 atom stereocenters. The molecule has 0 amide bonds. The number of nitrogens with one attached hydrogen (secondary N) is 1. The summed E-state index contributed by atoms with van der Waals surface area (Å²) in [5.74, 6) is 0. The van der Waals surface area contributed by atoms with Gasteiger partial charge in [0.25, 0.3) is 0 Å². The number of hydrogen-bond donors (Lipinski definition) is 1. The van der Waals surface area contributed by atoms with Crippen molar-refractivity contribution in [3.05, 3.63) is 0 Å². The Labute approximate surface area is 78.2 Å². The minimum atomic E-state index is 0.509. The molecule has 0 aromatic rings. The summed E-state index contributed by atoms with van der Waals surface area (Å²) in [6.45, 7) is 7.81. The van der Waals surface area contributed by atoms with Crippen LogP contribution in [0.5, 0.6) is 0 Å². The number of rotatable bonds is 1. The molecule has 1 heterocycles. The first-order valence-corrected chi connectivity index (χ1v) is 5.43. The average molecular weight is 184 g/mol. The smallest absolute Gasteiger partial charge is 0.157 e. The van der Waals surface area contributed by atoms with Gasteiger partial charge in [0, 0.05) is 11.3 Å². The van der Waals surface area contributed by atoms with Crippen LogP contribution in [0.1, 0.15) is 27.2 Å². The van der Waals surface area contributed by atoms with Crippen molar-refractivity contribution in [2.24, 2.45) is 10.4 Å². The SMILES string of the molecule is CC1CN=C(NC2CC2(C)C)S1. The second-order valence-electron chi connectivity index (χ2n) is 4.46. The summed E-state index contributed by atoms with van der Waals surface area (Å²) in [5.41, 5.74) is 0.509. The number of hydrogen-bond acceptors (Lipinski definition) is 3. The molecule has 0 spiro atoms. The summed E-state index contributed by atoms with van der Waals surface area (Å²) in [6, 6.07) is 0.675. The van der Waals surface area contributed by atoms with Crippen LogP contribution in [-0.4, -0.2) is 23.0 Å². The van der Waals surface area contributed by atoms with Gasteiger partial charge in [0.2, 0.25) is 0 Å². The van der Waals surface area contributed by atoms with E-state index >= 15 is 0 Å². The molecular formula is C9H16N2S. The van der Waals surface area contributed by atoms with Gasteiger partial charge in [-0.25, -0.2) is 0 Å². The van der Waals surface area contributed by atoms with Gasteiger partial charge < -0.3 is 5.32 Å². The summed E-state index contributed by atoms with van der Waals surface area (Å²) < 4.78 is 0. The maximum Gasteiger partial charge on any atom is 0.157 e. The van der Waals surface area contributed by atoms with Crippen molar-refractivity contribution in [3.8, 4) is 0 Å². The lowest BCUT2D eigenvalue weighted by Gasteiger charge is -2.06. The highest BCUT2D eigenvalue weighted by atomic mass is 32.2. The standard InChI is InChI=1S/C9H16N2S/c1-6-5-10-8(12-6)11-7-4-9(7,2)3/h6-7H,4-5H2,1-3H3,(H,10,11). The van der Waals surface area contributed by atoms with E-state index in [0.29, 0.717) is 16.7 Å². The molecular weight excluding hydrogens is 168 g/mol. The highest BCUT2D eigenvalue weighted by Gasteiger charge is 2.46. The fourth-order valence-corrected chi connectivity index (χ4v) is 2.31. The Morgan fingerprint density at radius 3 is 2.67 bits per heavy atom. The van der Waals surface area contributed by atoms with Crippen LogP contribution >= 0.6 is 11.8 Å². The Morgan fingerprint density at radius 2 is 2.25 bits per heavy atom. The van der Waals surface area contributed by atoms with E-state index in [9.17, 15) is 0 Å². The molecule has 0 bridgehead atoms. The van der Waals surface area contributed by atoms with Gasteiger partial charge in [0.05, 0.1) is 6.54 Å². The molecule has 2 nitrogen and oxygen atoms in total. The maximum atomic E-state index is 4.43. The second-order valence-corrected chi connectivity index (χ2v) is 5.89. The normalized spacial score (nSPS) is 37.8. The summed E-state index contributed by atoms with van der Waals surface area (Å²) in [5, 5.41) is 5.33. The fraction of sp³-hybridized carbons (Fsp3) is 0.889. The monoisotopic (exact) mass is 184 g/mol. The topological polar surface area (TPSA) is 24.4 Å². The third-order valence-corrected chi connectivity index (χ3v) is 3.64. The minimum Gasteiger partial charge on any atom is -0.362 e. The summed E-state index contributed by atoms with van der Waals surface area (Å²) >= 11 is 1.87. The minimum absolute atomic E-state index is 0.509. The molecule has 1 fully saturated rings. The Hall–Kier alpha value is -0.180. The molecule has 1 aliphatic carbocycles. The van der Waals surface area contributed by atoms with Gasteiger partial charge in [-0.05, 0) is 11.8 Å². The second kappa shape index (κ2) is 2.66. The zero-order valence-corrected chi connectivity index (χ0v) is 8.74. The van der Waals surface area contributed by atoms with E-state index in [-0.39, 0.29) is 0 Å². The number of amidine groups is 1. The molecule has 2 rings (SSSR count). The Bertz CT molecular complexity index is 223. The maximum absolute atomic E-state index is 4.43. The number of thioether (sulfide) groups is 1. The van der Waals surface area contributed by atoms with E-state index in [4.69, 9.17) is 0 Å². The highest BCUT2D eigenvalue weighted by Crippen LogP contribution is 2.45. The van der Waals surface area contributed by atoms with Crippen LogP contribution in [0.2, 0.25) is 0 Å². The number of aliphatic imine (C=N–C) groups is 1. The van der Waals surface area contributed by atoms with Crippen molar-refractivity contribution in [1.82, 2.24) is 5.32 Å². The Kier molecular flexibility index (Phi) is 1.86. The Balaban J connectivity index is 1.82. The van der Waals surface area contributed by atoms with Crippen LogP contribution in [-0.2, 0) is 0 Å². The molecule has 2 aliphatic rings. The molecule has 0 aromatic carbocycles. The van der Waals surface area contributed by atoms with Crippen molar-refractivity contribution in [2.45, 2.75) is 38.5 Å². The molecule has 0 radical (unpaired) electrons. The summed E-state index contributed by atoms with van der Waals surface area (Å²) in [4.78, 5) is 4.43. The molecule has 68 valence electrons. The van der Waals surface area contributed by atoms with E-state index < -0.39 is 0 Å². The molecule has 12 heavy (non-hydrogen) atoms. The van der Waals surface area contributed by atoms with Gasteiger partial charge in [0.15, 0.2) is 5.17 Å². The quantitative estimate of drug-likeness (QED) is 0.672. The van der Waals surface area contributed by atoms with Gasteiger partial charge >= 0.3 is 0 Å². The average Bonchev–Trinajstić information content (AvgIpc) is 2.41. The lowest BCUT2D eigenvalue weighted by atomic mass is 10.2. The van der Waals surface area contributed by atoms with E-state index in [1.165, 1.54) is 6.42 Å². The predicted octanol–water partition coefficient (Wildman–Crippen LogP) is 1.87. The van der Waals surface area contributed by atoms with E-state index in [0.717, 1.165) is 11.7 Å². The molecule has 1 saturated carbocycles. The third-order valence-electron chi connectivity index (χ3n) is 2.62. The van der Waals surface area contributed by atoms with Gasteiger partial charge in [0.1, 0.15) is 0 Å². The first-order valence-electron chi connectivity index (χ1n) is 4.55. The highest BCUT2D eigenvalue weighted by molar-refractivity contribution is 8.14. The zero-order chi connectivity index (χ0) is 8.77. The van der Waals surface area contributed by atoms with Crippen LogP contribution in [0.4, 0.5) is 0 Å². The molecule has 2 unspecified atom stereocenters. The lowest BCUT2D eigenvalue weighted by Crippen LogP contribution is -2.25. The van der Waals surface area contributed by atoms with Crippen molar-refractivity contribution < 1.29 is 0 Å². The molecule has 1 N–H and O–H groups in total. The first-order chi connectivity index (χ1) is 5.58. The lowest BCUT2D eigenvalue weighted by molar-refractivity contribution is 0.596. The van der Waals surface area contributed by atoms with Crippen LogP contribution in [0.15, 0.2) is 4.99 Å². The van der Waals surface area contributed by atoms with E-state index in [1.807, 2.05) is 11.8 Å². The van der Waals surface area contributed by atoms with Crippen molar-refractivity contribution >= 4 is 16.9 Å².